The SMILES string of the molecule is BCC(CC)(CO)COC(=O)C=C. The zero-order valence-corrected chi connectivity index (χ0v) is 8.38. The first-order valence-electron chi connectivity index (χ1n) is 4.54. The van der Waals surface area contributed by atoms with Gasteiger partial charge in [0.15, 0.2) is 0 Å². The van der Waals surface area contributed by atoms with Crippen molar-refractivity contribution >= 4 is 13.8 Å². The molecule has 0 fully saturated rings. The minimum atomic E-state index is -0.431. The van der Waals surface area contributed by atoms with Crippen LogP contribution in [0, 0.1) is 5.41 Å². The van der Waals surface area contributed by atoms with Gasteiger partial charge >= 0.3 is 5.97 Å². The van der Waals surface area contributed by atoms with Crippen molar-refractivity contribution in [3.63, 3.8) is 0 Å². The lowest BCUT2D eigenvalue weighted by atomic mass is 9.75. The van der Waals surface area contributed by atoms with Crippen LogP contribution in [0.4, 0.5) is 0 Å². The summed E-state index contributed by atoms with van der Waals surface area (Å²) in [5.74, 6) is -0.431. The molecule has 0 rings (SSSR count). The van der Waals surface area contributed by atoms with E-state index in [0.29, 0.717) is 0 Å². The first kappa shape index (κ1) is 12.2. The van der Waals surface area contributed by atoms with Gasteiger partial charge in [0.1, 0.15) is 7.85 Å². The van der Waals surface area contributed by atoms with Crippen LogP contribution in [-0.2, 0) is 9.53 Å². The largest absolute Gasteiger partial charge is 0.462 e. The van der Waals surface area contributed by atoms with Crippen LogP contribution in [0.1, 0.15) is 13.3 Å². The maximum atomic E-state index is 10.8. The molecule has 0 aromatic heterocycles. The van der Waals surface area contributed by atoms with Gasteiger partial charge in [-0.25, -0.2) is 4.79 Å². The first-order valence-corrected chi connectivity index (χ1v) is 4.54. The summed E-state index contributed by atoms with van der Waals surface area (Å²) in [5, 5.41) is 9.14. The normalized spacial score (nSPS) is 14.6. The summed E-state index contributed by atoms with van der Waals surface area (Å²) in [7, 11) is 1.97. The van der Waals surface area contributed by atoms with E-state index >= 15 is 0 Å². The van der Waals surface area contributed by atoms with Crippen molar-refractivity contribution in [3.8, 4) is 0 Å². The number of aliphatic hydroxyl groups excluding tert-OH is 1. The van der Waals surface area contributed by atoms with Gasteiger partial charge in [-0.15, -0.1) is 0 Å². The molecule has 3 nitrogen and oxygen atoms in total. The Morgan fingerprint density at radius 1 is 1.77 bits per heavy atom. The van der Waals surface area contributed by atoms with Crippen LogP contribution >= 0.6 is 0 Å². The van der Waals surface area contributed by atoms with Gasteiger partial charge in [0.05, 0.1) is 13.2 Å². The molecule has 74 valence electrons. The number of carbonyl (C=O) groups excluding carboxylic acids is 1. The molecule has 0 spiro atoms. The first-order chi connectivity index (χ1) is 6.14. The molecular formula is C9H17BO3. The quantitative estimate of drug-likeness (QED) is 0.363. The van der Waals surface area contributed by atoms with Crippen LogP contribution in [-0.4, -0.2) is 32.1 Å². The number of hydrogen-bond acceptors (Lipinski definition) is 3. The summed E-state index contributed by atoms with van der Waals surface area (Å²) in [5.41, 5.74) is -0.279. The molecule has 0 saturated carbocycles. The molecule has 1 unspecified atom stereocenters. The average molecular weight is 184 g/mol. The third-order valence-corrected chi connectivity index (χ3v) is 2.52. The van der Waals surface area contributed by atoms with Gasteiger partial charge in [-0.05, 0) is 6.42 Å². The Morgan fingerprint density at radius 2 is 2.38 bits per heavy atom. The highest BCUT2D eigenvalue weighted by Crippen LogP contribution is 2.25. The molecule has 0 radical (unpaired) electrons. The van der Waals surface area contributed by atoms with Crippen LogP contribution in [0.3, 0.4) is 0 Å². The Bertz CT molecular complexity index is 167. The van der Waals surface area contributed by atoms with Gasteiger partial charge in [0, 0.05) is 11.5 Å². The zero-order valence-electron chi connectivity index (χ0n) is 8.38. The Labute approximate surface area is 80.2 Å². The number of ether oxygens (including phenoxy) is 1. The van der Waals surface area contributed by atoms with Crippen molar-refractivity contribution in [1.29, 1.82) is 0 Å². The van der Waals surface area contributed by atoms with Gasteiger partial charge in [0.25, 0.3) is 0 Å². The fraction of sp³-hybridized carbons (Fsp3) is 0.667. The van der Waals surface area contributed by atoms with Crippen LogP contribution in [0.25, 0.3) is 0 Å². The summed E-state index contributed by atoms with van der Waals surface area (Å²) in [6, 6.07) is 0. The summed E-state index contributed by atoms with van der Waals surface area (Å²) >= 11 is 0. The Hall–Kier alpha value is -0.765. The van der Waals surface area contributed by atoms with E-state index in [-0.39, 0.29) is 18.6 Å². The van der Waals surface area contributed by atoms with E-state index in [9.17, 15) is 4.79 Å². The second kappa shape index (κ2) is 5.81. The van der Waals surface area contributed by atoms with E-state index < -0.39 is 5.97 Å². The van der Waals surface area contributed by atoms with Crippen molar-refractivity contribution in [1.82, 2.24) is 0 Å². The lowest BCUT2D eigenvalue weighted by Gasteiger charge is -2.28. The smallest absolute Gasteiger partial charge is 0.330 e. The highest BCUT2D eigenvalue weighted by Gasteiger charge is 2.26. The molecule has 0 aliphatic heterocycles. The maximum absolute atomic E-state index is 10.8. The average Bonchev–Trinajstić information content (AvgIpc) is 2.20. The summed E-state index contributed by atoms with van der Waals surface area (Å²) in [4.78, 5) is 10.8. The zero-order chi connectivity index (χ0) is 10.3. The van der Waals surface area contributed by atoms with E-state index in [1.807, 2.05) is 14.8 Å². The molecule has 0 aromatic carbocycles. The Balaban J connectivity index is 4.09. The number of esters is 1. The van der Waals surface area contributed by atoms with Crippen molar-refractivity contribution in [2.24, 2.45) is 5.41 Å². The van der Waals surface area contributed by atoms with Crippen molar-refractivity contribution in [2.75, 3.05) is 13.2 Å². The van der Waals surface area contributed by atoms with E-state index in [2.05, 4.69) is 6.58 Å². The van der Waals surface area contributed by atoms with E-state index in [0.717, 1.165) is 18.8 Å². The molecule has 0 aliphatic carbocycles. The molecule has 0 bridgehead atoms. The van der Waals surface area contributed by atoms with Crippen LogP contribution in [0.15, 0.2) is 12.7 Å². The molecule has 1 N–H and O–H groups in total. The molecular weight excluding hydrogens is 167 g/mol. The van der Waals surface area contributed by atoms with Gasteiger partial charge in [-0.3, -0.25) is 0 Å². The number of rotatable bonds is 6. The lowest BCUT2D eigenvalue weighted by molar-refractivity contribution is -0.141. The highest BCUT2D eigenvalue weighted by atomic mass is 16.5. The van der Waals surface area contributed by atoms with Gasteiger partial charge in [-0.2, -0.15) is 0 Å². The summed E-state index contributed by atoms with van der Waals surface area (Å²) < 4.78 is 4.91. The molecule has 4 heteroatoms. The van der Waals surface area contributed by atoms with Crippen molar-refractivity contribution in [2.45, 2.75) is 19.7 Å². The second-order valence-corrected chi connectivity index (χ2v) is 3.18. The third-order valence-electron chi connectivity index (χ3n) is 2.52. The molecule has 1 atom stereocenters. The van der Waals surface area contributed by atoms with Crippen LogP contribution in [0.2, 0.25) is 6.32 Å². The van der Waals surface area contributed by atoms with E-state index in [1.54, 1.807) is 0 Å². The van der Waals surface area contributed by atoms with Gasteiger partial charge in [0.2, 0.25) is 0 Å². The van der Waals surface area contributed by atoms with Gasteiger partial charge < -0.3 is 9.84 Å². The predicted octanol–water partition coefficient (Wildman–Crippen LogP) is 0.156. The number of hydrogen-bond donors (Lipinski definition) is 1. The van der Waals surface area contributed by atoms with Crippen LogP contribution in [0.5, 0.6) is 0 Å². The third kappa shape index (κ3) is 3.64. The highest BCUT2D eigenvalue weighted by molar-refractivity contribution is 6.09. The Morgan fingerprint density at radius 3 is 2.69 bits per heavy atom. The number of carbonyl (C=O) groups is 1. The maximum Gasteiger partial charge on any atom is 0.330 e. The molecule has 13 heavy (non-hydrogen) atoms. The van der Waals surface area contributed by atoms with Gasteiger partial charge in [-0.1, -0.05) is 19.8 Å². The second-order valence-electron chi connectivity index (χ2n) is 3.18. The molecule has 0 saturated heterocycles. The van der Waals surface area contributed by atoms with Crippen molar-refractivity contribution in [3.05, 3.63) is 12.7 Å². The molecule has 0 aromatic rings. The van der Waals surface area contributed by atoms with E-state index in [1.165, 1.54) is 0 Å². The molecule has 0 heterocycles. The lowest BCUT2D eigenvalue weighted by Crippen LogP contribution is -2.31. The van der Waals surface area contributed by atoms with Crippen LogP contribution < -0.4 is 0 Å². The monoisotopic (exact) mass is 184 g/mol. The fourth-order valence-corrected chi connectivity index (χ4v) is 1.01. The predicted molar refractivity (Wildman–Crippen MR) is 54.3 cm³/mol. The minimum Gasteiger partial charge on any atom is -0.462 e. The van der Waals surface area contributed by atoms with E-state index in [4.69, 9.17) is 9.84 Å². The summed E-state index contributed by atoms with van der Waals surface area (Å²) in [6.45, 7) is 5.59. The molecule has 0 aliphatic rings. The number of aliphatic hydroxyl groups is 1. The fourth-order valence-electron chi connectivity index (χ4n) is 1.01. The molecule has 0 amide bonds. The minimum absolute atomic E-state index is 0.0461. The topological polar surface area (TPSA) is 46.5 Å². The summed E-state index contributed by atoms with van der Waals surface area (Å²) in [6.07, 6.45) is 2.72. The van der Waals surface area contributed by atoms with Crippen molar-refractivity contribution < 1.29 is 14.6 Å². The Kier molecular flexibility index (Phi) is 5.47. The standard InChI is InChI=1S/C9H17BO3/c1-3-8(12)13-7-9(4-2,5-10)6-11/h3,11H,1,4-7,10H2,2H3.